The van der Waals surface area contributed by atoms with Gasteiger partial charge in [0.05, 0.1) is 20.8 Å². The summed E-state index contributed by atoms with van der Waals surface area (Å²) in [5, 5.41) is 0.335. The maximum Gasteiger partial charge on any atom is 0.346 e. The Bertz CT molecular complexity index is 797. The number of aromatic amines is 1. The first-order valence-corrected chi connectivity index (χ1v) is 8.59. The van der Waals surface area contributed by atoms with E-state index in [4.69, 9.17) is 14.2 Å². The van der Waals surface area contributed by atoms with Crippen molar-refractivity contribution in [2.24, 2.45) is 0 Å². The average Bonchev–Trinajstić information content (AvgIpc) is 2.59. The fourth-order valence-electron chi connectivity index (χ4n) is 2.21. The van der Waals surface area contributed by atoms with Gasteiger partial charge in [-0.3, -0.25) is 0 Å². The summed E-state index contributed by atoms with van der Waals surface area (Å²) in [7, 11) is 3.15. The van der Waals surface area contributed by atoms with E-state index in [1.165, 1.54) is 11.8 Å². The van der Waals surface area contributed by atoms with Gasteiger partial charge in [0.15, 0.2) is 0 Å². The minimum Gasteiger partial charge on any atom is -0.497 e. The van der Waals surface area contributed by atoms with E-state index in [9.17, 15) is 9.59 Å². The molecule has 0 fully saturated rings. The molecule has 0 aliphatic rings. The zero-order valence-electron chi connectivity index (χ0n) is 14.5. The molecular formula is C17H20N2O5S. The first-order valence-electron chi connectivity index (χ1n) is 7.61. The Labute approximate surface area is 149 Å². The number of esters is 1. The number of aryl methyl sites for hydroxylation is 1. The largest absolute Gasteiger partial charge is 0.497 e. The number of hydrogen-bond acceptors (Lipinski definition) is 7. The smallest absolute Gasteiger partial charge is 0.346 e. The van der Waals surface area contributed by atoms with E-state index < -0.39 is 11.7 Å². The predicted octanol–water partition coefficient (Wildman–Crippen LogP) is 2.56. The second kappa shape index (κ2) is 8.57. The van der Waals surface area contributed by atoms with Crippen molar-refractivity contribution in [2.75, 3.05) is 20.8 Å². The molecule has 1 heterocycles. The molecule has 2 rings (SSSR count). The molecule has 134 valence electrons. The number of carbonyl (C=O) groups is 1. The van der Waals surface area contributed by atoms with Crippen molar-refractivity contribution in [3.63, 3.8) is 0 Å². The summed E-state index contributed by atoms with van der Waals surface area (Å²) in [6.07, 6.45) is 0. The summed E-state index contributed by atoms with van der Waals surface area (Å²) in [5.74, 6) is 1.30. The summed E-state index contributed by atoms with van der Waals surface area (Å²) < 4.78 is 15.6. The first kappa shape index (κ1) is 18.9. The van der Waals surface area contributed by atoms with Crippen LogP contribution in [0.15, 0.2) is 28.0 Å². The highest BCUT2D eigenvalue weighted by Crippen LogP contribution is 2.29. The molecule has 2 aromatic rings. The van der Waals surface area contributed by atoms with E-state index in [0.717, 1.165) is 5.56 Å². The van der Waals surface area contributed by atoms with Crippen LogP contribution in [-0.4, -0.2) is 36.8 Å². The van der Waals surface area contributed by atoms with Gasteiger partial charge >= 0.3 is 11.7 Å². The van der Waals surface area contributed by atoms with E-state index in [1.54, 1.807) is 34.1 Å². The Kier molecular flexibility index (Phi) is 6.46. The van der Waals surface area contributed by atoms with Crippen LogP contribution in [0.25, 0.3) is 0 Å². The summed E-state index contributed by atoms with van der Waals surface area (Å²) in [6, 6.07) is 5.49. The van der Waals surface area contributed by atoms with Crippen LogP contribution < -0.4 is 15.2 Å². The van der Waals surface area contributed by atoms with Crippen molar-refractivity contribution < 1.29 is 19.0 Å². The van der Waals surface area contributed by atoms with Crippen molar-refractivity contribution in [1.29, 1.82) is 0 Å². The van der Waals surface area contributed by atoms with Gasteiger partial charge in [-0.1, -0.05) is 0 Å². The molecule has 0 bridgehead atoms. The van der Waals surface area contributed by atoms with Crippen molar-refractivity contribution >= 4 is 17.7 Å². The fourth-order valence-corrected chi connectivity index (χ4v) is 3.21. The molecule has 0 amide bonds. The minimum atomic E-state index is -0.505. The molecule has 0 unspecified atom stereocenters. The van der Waals surface area contributed by atoms with Crippen LogP contribution in [0.1, 0.15) is 28.5 Å². The van der Waals surface area contributed by atoms with Gasteiger partial charge in [-0.05, 0) is 31.5 Å². The predicted molar refractivity (Wildman–Crippen MR) is 94.7 cm³/mol. The number of methoxy groups -OCH3 is 2. The number of nitrogens with one attached hydrogen (secondary N) is 1. The standard InChI is InChI=1S/C17H20N2O5S/c1-5-24-16(20)14-10(2)18-17(21)19-15(14)25-9-11-6-12(22-3)8-13(7-11)23-4/h6-8H,5,9H2,1-4H3,(H,18,19,21). The summed E-state index contributed by atoms with van der Waals surface area (Å²) in [6.45, 7) is 3.62. The number of aromatic nitrogens is 2. The van der Waals surface area contributed by atoms with Gasteiger partial charge in [0, 0.05) is 17.5 Å². The second-order valence-electron chi connectivity index (χ2n) is 5.08. The van der Waals surface area contributed by atoms with Gasteiger partial charge in [-0.2, -0.15) is 4.98 Å². The lowest BCUT2D eigenvalue weighted by atomic mass is 10.2. The van der Waals surface area contributed by atoms with Gasteiger partial charge < -0.3 is 19.2 Å². The number of ether oxygens (including phenoxy) is 3. The maximum atomic E-state index is 12.2. The van der Waals surface area contributed by atoms with Crippen LogP contribution in [0.3, 0.4) is 0 Å². The van der Waals surface area contributed by atoms with Gasteiger partial charge in [0.2, 0.25) is 0 Å². The van der Waals surface area contributed by atoms with Crippen LogP contribution in [0, 0.1) is 6.92 Å². The van der Waals surface area contributed by atoms with Gasteiger partial charge in [0.25, 0.3) is 0 Å². The number of thioether (sulfide) groups is 1. The zero-order chi connectivity index (χ0) is 18.4. The third kappa shape index (κ3) is 4.76. The van der Waals surface area contributed by atoms with E-state index in [-0.39, 0.29) is 12.2 Å². The number of rotatable bonds is 7. The highest BCUT2D eigenvalue weighted by molar-refractivity contribution is 7.98. The molecule has 8 heteroatoms. The Morgan fingerprint density at radius 2 is 1.84 bits per heavy atom. The monoisotopic (exact) mass is 364 g/mol. The van der Waals surface area contributed by atoms with Crippen molar-refractivity contribution in [3.05, 3.63) is 45.5 Å². The summed E-state index contributed by atoms with van der Waals surface area (Å²) >= 11 is 1.28. The Morgan fingerprint density at radius 3 is 2.40 bits per heavy atom. The third-order valence-corrected chi connectivity index (χ3v) is 4.40. The van der Waals surface area contributed by atoms with E-state index in [1.807, 2.05) is 12.1 Å². The number of H-pyrrole nitrogens is 1. The van der Waals surface area contributed by atoms with Crippen LogP contribution in [0.2, 0.25) is 0 Å². The zero-order valence-corrected chi connectivity index (χ0v) is 15.4. The molecule has 0 atom stereocenters. The quantitative estimate of drug-likeness (QED) is 0.459. The minimum absolute atomic E-state index is 0.245. The van der Waals surface area contributed by atoms with Gasteiger partial charge in [0.1, 0.15) is 22.1 Å². The van der Waals surface area contributed by atoms with Gasteiger partial charge in [-0.15, -0.1) is 11.8 Å². The molecule has 0 saturated carbocycles. The molecule has 1 aromatic heterocycles. The molecule has 0 saturated heterocycles. The topological polar surface area (TPSA) is 90.5 Å². The van der Waals surface area contributed by atoms with Crippen LogP contribution in [-0.2, 0) is 10.5 Å². The Hall–Kier alpha value is -2.48. The normalized spacial score (nSPS) is 10.4. The highest BCUT2D eigenvalue weighted by Gasteiger charge is 2.19. The van der Waals surface area contributed by atoms with Crippen LogP contribution in [0.5, 0.6) is 11.5 Å². The molecule has 0 aliphatic carbocycles. The van der Waals surface area contributed by atoms with Crippen molar-refractivity contribution in [2.45, 2.75) is 24.6 Å². The molecule has 25 heavy (non-hydrogen) atoms. The number of carbonyl (C=O) groups excluding carboxylic acids is 1. The Morgan fingerprint density at radius 1 is 1.20 bits per heavy atom. The lowest BCUT2D eigenvalue weighted by Crippen LogP contribution is -2.19. The highest BCUT2D eigenvalue weighted by atomic mass is 32.2. The molecule has 0 radical (unpaired) electrons. The molecule has 0 spiro atoms. The number of benzene rings is 1. The Balaban J connectivity index is 2.31. The molecule has 7 nitrogen and oxygen atoms in total. The van der Waals surface area contributed by atoms with Crippen LogP contribution >= 0.6 is 11.8 Å². The van der Waals surface area contributed by atoms with Crippen molar-refractivity contribution in [1.82, 2.24) is 9.97 Å². The molecule has 1 aromatic carbocycles. The SMILES string of the molecule is CCOC(=O)c1c(SCc2cc(OC)cc(OC)c2)nc(=O)[nH]c1C. The molecule has 1 N–H and O–H groups in total. The number of hydrogen-bond donors (Lipinski definition) is 1. The van der Waals surface area contributed by atoms with E-state index in [0.29, 0.717) is 28.0 Å². The molecule has 0 aliphatic heterocycles. The first-order chi connectivity index (χ1) is 12.0. The van der Waals surface area contributed by atoms with Crippen molar-refractivity contribution in [3.8, 4) is 11.5 Å². The lowest BCUT2D eigenvalue weighted by Gasteiger charge is -2.11. The fraction of sp³-hybridized carbons (Fsp3) is 0.353. The maximum absolute atomic E-state index is 12.2. The second-order valence-corrected chi connectivity index (χ2v) is 6.04. The van der Waals surface area contributed by atoms with E-state index >= 15 is 0 Å². The summed E-state index contributed by atoms with van der Waals surface area (Å²) in [4.78, 5) is 30.3. The molecular weight excluding hydrogens is 344 g/mol. The third-order valence-electron chi connectivity index (χ3n) is 3.35. The van der Waals surface area contributed by atoms with Gasteiger partial charge in [-0.25, -0.2) is 9.59 Å². The lowest BCUT2D eigenvalue weighted by molar-refractivity contribution is 0.0519. The number of nitrogens with zero attached hydrogens (tertiary/aromatic N) is 1. The van der Waals surface area contributed by atoms with E-state index in [2.05, 4.69) is 9.97 Å². The average molecular weight is 364 g/mol. The van der Waals surface area contributed by atoms with Crippen LogP contribution in [0.4, 0.5) is 0 Å². The summed E-state index contributed by atoms with van der Waals surface area (Å²) in [5.41, 5.74) is 1.12.